The Balaban J connectivity index is 2.34. The Morgan fingerprint density at radius 3 is 2.54 bits per heavy atom. The molecule has 28 heavy (non-hydrogen) atoms. The summed E-state index contributed by atoms with van der Waals surface area (Å²) in [5.41, 5.74) is 2.22. The molecule has 0 fully saturated rings. The van der Waals surface area contributed by atoms with E-state index in [1.807, 2.05) is 39.8 Å². The van der Waals surface area contributed by atoms with Crippen LogP contribution >= 0.6 is 23.1 Å². The first-order chi connectivity index (χ1) is 13.0. The third kappa shape index (κ3) is 5.68. The van der Waals surface area contributed by atoms with Crippen molar-refractivity contribution in [1.29, 1.82) is 0 Å². The van der Waals surface area contributed by atoms with E-state index >= 15 is 0 Å². The van der Waals surface area contributed by atoms with Gasteiger partial charge in [-0.2, -0.15) is 0 Å². The van der Waals surface area contributed by atoms with E-state index in [4.69, 9.17) is 0 Å². The molecule has 0 radical (unpaired) electrons. The van der Waals surface area contributed by atoms with Gasteiger partial charge in [0.1, 0.15) is 6.04 Å². The van der Waals surface area contributed by atoms with Gasteiger partial charge in [0.25, 0.3) is 0 Å². The van der Waals surface area contributed by atoms with Gasteiger partial charge in [-0.25, -0.2) is 8.42 Å². The monoisotopic (exact) mass is 442 g/mol. The molecule has 10 heteroatoms. The molecule has 1 heterocycles. The fraction of sp³-hybridized carbons (Fsp3) is 0.500. The molecule has 0 saturated heterocycles. The second-order valence-corrected chi connectivity index (χ2v) is 11.5. The number of rotatable bonds is 8. The van der Waals surface area contributed by atoms with Crippen LogP contribution in [0.15, 0.2) is 22.5 Å². The van der Waals surface area contributed by atoms with Gasteiger partial charge >= 0.3 is 0 Å². The lowest BCUT2D eigenvalue weighted by Crippen LogP contribution is -2.47. The van der Waals surface area contributed by atoms with Crippen molar-refractivity contribution in [1.82, 2.24) is 10.2 Å². The SMILES string of the molecule is CCC(C(=O)Nc1nnc(SC(C)C)s1)N(c1cc(C)ccc1C)S(C)(=O)=O. The highest BCUT2D eigenvalue weighted by Crippen LogP contribution is 2.30. The van der Waals surface area contributed by atoms with Gasteiger partial charge in [-0.1, -0.05) is 56.0 Å². The fourth-order valence-corrected chi connectivity index (χ4v) is 5.93. The molecule has 154 valence electrons. The number of aromatic nitrogens is 2. The Kier molecular flexibility index (Phi) is 7.46. The molecule has 0 saturated carbocycles. The zero-order valence-electron chi connectivity index (χ0n) is 16.9. The fourth-order valence-electron chi connectivity index (χ4n) is 2.69. The molecular formula is C18H26N4O3S3. The maximum Gasteiger partial charge on any atom is 0.250 e. The average molecular weight is 443 g/mol. The highest BCUT2D eigenvalue weighted by atomic mass is 32.2. The minimum Gasteiger partial charge on any atom is -0.299 e. The number of hydrogen-bond acceptors (Lipinski definition) is 7. The molecule has 0 aliphatic heterocycles. The van der Waals surface area contributed by atoms with Crippen LogP contribution in [-0.2, 0) is 14.8 Å². The summed E-state index contributed by atoms with van der Waals surface area (Å²) in [5.74, 6) is -0.425. The summed E-state index contributed by atoms with van der Waals surface area (Å²) in [6.45, 7) is 9.60. The minimum absolute atomic E-state index is 0.318. The Morgan fingerprint density at radius 1 is 1.29 bits per heavy atom. The first-order valence-electron chi connectivity index (χ1n) is 8.90. The van der Waals surface area contributed by atoms with Gasteiger partial charge in [-0.3, -0.25) is 14.4 Å². The molecule has 1 amide bonds. The predicted molar refractivity (Wildman–Crippen MR) is 117 cm³/mol. The van der Waals surface area contributed by atoms with Crippen LogP contribution in [0.1, 0.15) is 38.3 Å². The molecule has 7 nitrogen and oxygen atoms in total. The van der Waals surface area contributed by atoms with Crippen molar-refractivity contribution >= 4 is 49.8 Å². The van der Waals surface area contributed by atoms with E-state index in [1.165, 1.54) is 15.6 Å². The predicted octanol–water partition coefficient (Wildman–Crippen LogP) is 3.84. The molecule has 1 atom stereocenters. The Morgan fingerprint density at radius 2 is 1.96 bits per heavy atom. The Labute approximate surface area is 175 Å². The Hall–Kier alpha value is -1.65. The van der Waals surface area contributed by atoms with Crippen LogP contribution in [0, 0.1) is 13.8 Å². The van der Waals surface area contributed by atoms with E-state index in [1.54, 1.807) is 24.8 Å². The number of sulfonamides is 1. The van der Waals surface area contributed by atoms with Gasteiger partial charge in [0.15, 0.2) is 4.34 Å². The number of nitrogens with one attached hydrogen (secondary N) is 1. The summed E-state index contributed by atoms with van der Waals surface area (Å²) in [5, 5.41) is 11.5. The number of thioether (sulfide) groups is 1. The van der Waals surface area contributed by atoms with E-state index in [0.717, 1.165) is 21.7 Å². The summed E-state index contributed by atoms with van der Waals surface area (Å²) < 4.78 is 27.2. The molecule has 0 aliphatic carbocycles. The van der Waals surface area contributed by atoms with Gasteiger partial charge in [0, 0.05) is 5.25 Å². The molecule has 0 spiro atoms. The number of benzene rings is 1. The summed E-state index contributed by atoms with van der Waals surface area (Å²) >= 11 is 2.84. The first-order valence-corrected chi connectivity index (χ1v) is 12.4. The van der Waals surface area contributed by atoms with E-state index in [0.29, 0.717) is 22.5 Å². The summed E-state index contributed by atoms with van der Waals surface area (Å²) in [6.07, 6.45) is 1.44. The van der Waals surface area contributed by atoms with Crippen molar-refractivity contribution in [3.63, 3.8) is 0 Å². The van der Waals surface area contributed by atoms with Crippen molar-refractivity contribution in [3.8, 4) is 0 Å². The van der Waals surface area contributed by atoms with Gasteiger partial charge in [-0.05, 0) is 37.5 Å². The van der Waals surface area contributed by atoms with Crippen LogP contribution < -0.4 is 9.62 Å². The lowest BCUT2D eigenvalue weighted by molar-refractivity contribution is -0.117. The van der Waals surface area contributed by atoms with Crippen molar-refractivity contribution in [3.05, 3.63) is 29.3 Å². The highest BCUT2D eigenvalue weighted by Gasteiger charge is 2.33. The van der Waals surface area contributed by atoms with Crippen LogP contribution in [-0.4, -0.2) is 42.1 Å². The topological polar surface area (TPSA) is 92.3 Å². The van der Waals surface area contributed by atoms with Gasteiger partial charge in [0.05, 0.1) is 11.9 Å². The number of amides is 1. The number of hydrogen-bond donors (Lipinski definition) is 1. The second kappa shape index (κ2) is 9.23. The molecule has 1 unspecified atom stereocenters. The summed E-state index contributed by atoms with van der Waals surface area (Å²) in [4.78, 5) is 12.9. The maximum atomic E-state index is 12.9. The summed E-state index contributed by atoms with van der Waals surface area (Å²) in [6, 6.07) is 4.67. The van der Waals surface area contributed by atoms with Crippen LogP contribution in [0.5, 0.6) is 0 Å². The summed E-state index contributed by atoms with van der Waals surface area (Å²) in [7, 11) is -3.68. The van der Waals surface area contributed by atoms with Crippen LogP contribution in [0.3, 0.4) is 0 Å². The normalized spacial score (nSPS) is 12.8. The highest BCUT2D eigenvalue weighted by molar-refractivity contribution is 8.01. The van der Waals surface area contributed by atoms with Crippen LogP contribution in [0.2, 0.25) is 0 Å². The lowest BCUT2D eigenvalue weighted by atomic mass is 10.1. The van der Waals surface area contributed by atoms with Crippen molar-refractivity contribution < 1.29 is 13.2 Å². The van der Waals surface area contributed by atoms with Crippen molar-refractivity contribution in [2.45, 2.75) is 56.7 Å². The van der Waals surface area contributed by atoms with Crippen molar-refractivity contribution in [2.75, 3.05) is 15.9 Å². The number of anilines is 2. The number of aryl methyl sites for hydroxylation is 2. The third-order valence-corrected chi connectivity index (χ3v) is 7.00. The molecule has 0 bridgehead atoms. The van der Waals surface area contributed by atoms with Crippen LogP contribution in [0.25, 0.3) is 0 Å². The molecule has 2 aromatic rings. The second-order valence-electron chi connectivity index (χ2n) is 6.80. The lowest BCUT2D eigenvalue weighted by Gasteiger charge is -2.31. The van der Waals surface area contributed by atoms with Crippen molar-refractivity contribution in [2.24, 2.45) is 0 Å². The average Bonchev–Trinajstić information content (AvgIpc) is 2.99. The first kappa shape index (κ1) is 22.6. The van der Waals surface area contributed by atoms with Gasteiger partial charge < -0.3 is 0 Å². The number of carbonyl (C=O) groups excluding carboxylic acids is 1. The zero-order valence-corrected chi connectivity index (χ0v) is 19.3. The quantitative estimate of drug-likeness (QED) is 0.493. The van der Waals surface area contributed by atoms with Gasteiger partial charge in [-0.15, -0.1) is 10.2 Å². The van der Waals surface area contributed by atoms with E-state index in [2.05, 4.69) is 15.5 Å². The van der Waals surface area contributed by atoms with E-state index in [9.17, 15) is 13.2 Å². The van der Waals surface area contributed by atoms with Crippen LogP contribution in [0.4, 0.5) is 10.8 Å². The molecule has 1 N–H and O–H groups in total. The Bertz CT molecular complexity index is 941. The van der Waals surface area contributed by atoms with E-state index < -0.39 is 22.0 Å². The minimum atomic E-state index is -3.68. The largest absolute Gasteiger partial charge is 0.299 e. The maximum absolute atomic E-state index is 12.9. The third-order valence-electron chi connectivity index (χ3n) is 3.90. The number of nitrogens with zero attached hydrogens (tertiary/aromatic N) is 3. The molecule has 0 aliphatic rings. The molecule has 1 aromatic carbocycles. The molecule has 1 aromatic heterocycles. The smallest absolute Gasteiger partial charge is 0.250 e. The van der Waals surface area contributed by atoms with E-state index in [-0.39, 0.29) is 0 Å². The standard InChI is InChI=1S/C18H26N4O3S3/c1-7-14(16(23)19-17-20-21-18(27-17)26-11(2)3)22(28(6,24)25)15-10-12(4)8-9-13(15)5/h8-11,14H,7H2,1-6H3,(H,19,20,23). The molecule has 2 rings (SSSR count). The number of carbonyl (C=O) groups is 1. The zero-order chi connectivity index (χ0) is 21.1. The van der Waals surface area contributed by atoms with Gasteiger partial charge in [0.2, 0.25) is 21.1 Å². The molecular weight excluding hydrogens is 416 g/mol.